The Hall–Kier alpha value is 0.360. The largest absolute Gasteiger partial charge is 0.378 e. The number of rotatable bonds is 3. The van der Waals surface area contributed by atoms with Crippen LogP contribution in [0.1, 0.15) is 12.8 Å². The second-order valence-corrected chi connectivity index (χ2v) is 4.66. The molecule has 2 aliphatic rings. The van der Waals surface area contributed by atoms with Crippen molar-refractivity contribution >= 4 is 15.9 Å². The van der Waals surface area contributed by atoms with Gasteiger partial charge in [0.2, 0.25) is 0 Å². The zero-order valence-corrected chi connectivity index (χ0v) is 10.0. The van der Waals surface area contributed by atoms with Gasteiger partial charge >= 0.3 is 0 Å². The highest BCUT2D eigenvalue weighted by molar-refractivity contribution is 9.09. The van der Waals surface area contributed by atoms with Crippen molar-refractivity contribution in [1.82, 2.24) is 4.90 Å². The summed E-state index contributed by atoms with van der Waals surface area (Å²) < 4.78 is 11.1. The van der Waals surface area contributed by atoms with Crippen molar-refractivity contribution in [1.29, 1.82) is 0 Å². The lowest BCUT2D eigenvalue weighted by Crippen LogP contribution is -2.49. The van der Waals surface area contributed by atoms with Crippen molar-refractivity contribution in [2.75, 3.05) is 38.2 Å². The van der Waals surface area contributed by atoms with E-state index < -0.39 is 0 Å². The highest BCUT2D eigenvalue weighted by atomic mass is 79.9. The first-order valence-electron chi connectivity index (χ1n) is 5.39. The molecule has 0 N–H and O–H groups in total. The zero-order valence-electron chi connectivity index (χ0n) is 8.45. The van der Waals surface area contributed by atoms with E-state index in [1.54, 1.807) is 0 Å². The van der Waals surface area contributed by atoms with Crippen molar-refractivity contribution in [2.24, 2.45) is 0 Å². The first-order chi connectivity index (χ1) is 6.90. The van der Waals surface area contributed by atoms with Gasteiger partial charge in [0.05, 0.1) is 19.3 Å². The van der Waals surface area contributed by atoms with E-state index in [-0.39, 0.29) is 0 Å². The van der Waals surface area contributed by atoms with Crippen molar-refractivity contribution < 1.29 is 9.47 Å². The molecule has 0 aliphatic carbocycles. The average Bonchev–Trinajstić information content (AvgIpc) is 2.71. The van der Waals surface area contributed by atoms with E-state index in [1.807, 2.05) is 0 Å². The summed E-state index contributed by atoms with van der Waals surface area (Å²) in [6, 6.07) is 0.535. The van der Waals surface area contributed by atoms with E-state index in [9.17, 15) is 0 Å². The number of halogens is 1. The predicted molar refractivity (Wildman–Crippen MR) is 58.9 cm³/mol. The van der Waals surface area contributed by atoms with Crippen LogP contribution in [0, 0.1) is 0 Å². The quantitative estimate of drug-likeness (QED) is 0.716. The molecule has 14 heavy (non-hydrogen) atoms. The Morgan fingerprint density at radius 1 is 1.36 bits per heavy atom. The van der Waals surface area contributed by atoms with E-state index in [0.717, 1.165) is 38.2 Å². The van der Waals surface area contributed by atoms with E-state index in [2.05, 4.69) is 20.8 Å². The molecule has 2 aliphatic heterocycles. The topological polar surface area (TPSA) is 21.7 Å². The monoisotopic (exact) mass is 263 g/mol. The van der Waals surface area contributed by atoms with Crippen molar-refractivity contribution in [2.45, 2.75) is 25.0 Å². The minimum Gasteiger partial charge on any atom is -0.378 e. The van der Waals surface area contributed by atoms with Crippen LogP contribution in [0.25, 0.3) is 0 Å². The summed E-state index contributed by atoms with van der Waals surface area (Å²) in [6.07, 6.45) is 2.93. The van der Waals surface area contributed by atoms with Gasteiger partial charge in [0.1, 0.15) is 0 Å². The highest BCUT2D eigenvalue weighted by Crippen LogP contribution is 2.17. The number of nitrogens with zero attached hydrogens (tertiary/aromatic N) is 1. The lowest BCUT2D eigenvalue weighted by molar-refractivity contribution is -0.0226. The molecule has 0 spiro atoms. The molecule has 0 aromatic heterocycles. The van der Waals surface area contributed by atoms with Crippen LogP contribution in [0.3, 0.4) is 0 Å². The molecule has 0 radical (unpaired) electrons. The van der Waals surface area contributed by atoms with Crippen LogP contribution < -0.4 is 0 Å². The Bertz CT molecular complexity index is 174. The number of alkyl halides is 1. The van der Waals surface area contributed by atoms with Gasteiger partial charge in [0.25, 0.3) is 0 Å². The summed E-state index contributed by atoms with van der Waals surface area (Å²) >= 11 is 3.54. The first-order valence-corrected chi connectivity index (χ1v) is 6.51. The van der Waals surface area contributed by atoms with E-state index in [0.29, 0.717) is 12.1 Å². The zero-order chi connectivity index (χ0) is 9.80. The minimum absolute atomic E-state index is 0.467. The average molecular weight is 264 g/mol. The lowest BCUT2D eigenvalue weighted by atomic mass is 10.2. The second kappa shape index (κ2) is 5.45. The third kappa shape index (κ3) is 2.69. The third-order valence-electron chi connectivity index (χ3n) is 2.99. The number of ether oxygens (including phenoxy) is 2. The number of hydrogen-bond acceptors (Lipinski definition) is 3. The molecule has 2 unspecified atom stereocenters. The van der Waals surface area contributed by atoms with Gasteiger partial charge < -0.3 is 9.47 Å². The molecule has 82 valence electrons. The fourth-order valence-corrected chi connectivity index (χ4v) is 2.72. The van der Waals surface area contributed by atoms with Crippen molar-refractivity contribution in [3.63, 3.8) is 0 Å². The fraction of sp³-hybridized carbons (Fsp3) is 1.00. The van der Waals surface area contributed by atoms with Gasteiger partial charge in [-0.25, -0.2) is 0 Å². The van der Waals surface area contributed by atoms with Crippen LogP contribution in [0.5, 0.6) is 0 Å². The third-order valence-corrected chi connectivity index (χ3v) is 3.74. The minimum atomic E-state index is 0.467. The van der Waals surface area contributed by atoms with Gasteiger partial charge in [-0.15, -0.1) is 0 Å². The van der Waals surface area contributed by atoms with E-state index in [1.165, 1.54) is 12.8 Å². The first kappa shape index (κ1) is 10.9. The number of morpholine rings is 1. The second-order valence-electron chi connectivity index (χ2n) is 4.01. The van der Waals surface area contributed by atoms with Crippen LogP contribution in [0.4, 0.5) is 0 Å². The standard InChI is InChI=1S/C10H18BrNO2/c11-6-9-8-13-5-3-12(9)7-10-2-1-4-14-10/h9-10H,1-8H2. The van der Waals surface area contributed by atoms with Gasteiger partial charge in [-0.2, -0.15) is 0 Å². The summed E-state index contributed by atoms with van der Waals surface area (Å²) in [5.74, 6) is 0. The molecule has 2 rings (SSSR count). The molecule has 2 atom stereocenters. The van der Waals surface area contributed by atoms with Gasteiger partial charge in [-0.3, -0.25) is 4.90 Å². The summed E-state index contributed by atoms with van der Waals surface area (Å²) in [5.41, 5.74) is 0. The van der Waals surface area contributed by atoms with Gasteiger partial charge in [-0.1, -0.05) is 15.9 Å². The molecule has 0 bridgehead atoms. The van der Waals surface area contributed by atoms with Crippen LogP contribution in [-0.4, -0.2) is 55.3 Å². The molecule has 0 aromatic rings. The lowest BCUT2D eigenvalue weighted by Gasteiger charge is -2.35. The highest BCUT2D eigenvalue weighted by Gasteiger charge is 2.26. The van der Waals surface area contributed by atoms with Crippen molar-refractivity contribution in [3.8, 4) is 0 Å². The molecule has 0 saturated carbocycles. The van der Waals surface area contributed by atoms with Crippen LogP contribution in [0.2, 0.25) is 0 Å². The predicted octanol–water partition coefficient (Wildman–Crippen LogP) is 1.26. The molecule has 0 amide bonds. The van der Waals surface area contributed by atoms with E-state index in [4.69, 9.17) is 9.47 Å². The molecular formula is C10H18BrNO2. The SMILES string of the molecule is BrCC1COCCN1CC1CCCO1. The van der Waals surface area contributed by atoms with Crippen LogP contribution in [0.15, 0.2) is 0 Å². The normalized spacial score (nSPS) is 34.9. The Kier molecular flexibility index (Phi) is 4.23. The Labute approximate surface area is 93.9 Å². The van der Waals surface area contributed by atoms with Crippen molar-refractivity contribution in [3.05, 3.63) is 0 Å². The Morgan fingerprint density at radius 3 is 3.00 bits per heavy atom. The summed E-state index contributed by atoms with van der Waals surface area (Å²) in [7, 11) is 0. The van der Waals surface area contributed by atoms with Crippen LogP contribution >= 0.6 is 15.9 Å². The fourth-order valence-electron chi connectivity index (χ4n) is 2.12. The molecular weight excluding hydrogens is 246 g/mol. The summed E-state index contributed by atoms with van der Waals surface area (Å²) in [5, 5.41) is 1.000. The number of hydrogen-bond donors (Lipinski definition) is 0. The molecule has 2 saturated heterocycles. The summed E-state index contributed by atoms with van der Waals surface area (Å²) in [6.45, 7) is 4.82. The van der Waals surface area contributed by atoms with Gasteiger partial charge in [0.15, 0.2) is 0 Å². The smallest absolute Gasteiger partial charge is 0.0703 e. The summed E-state index contributed by atoms with van der Waals surface area (Å²) in [4.78, 5) is 2.49. The Morgan fingerprint density at radius 2 is 2.29 bits per heavy atom. The maximum Gasteiger partial charge on any atom is 0.0703 e. The maximum absolute atomic E-state index is 5.65. The molecule has 2 fully saturated rings. The van der Waals surface area contributed by atoms with Gasteiger partial charge in [-0.05, 0) is 12.8 Å². The maximum atomic E-state index is 5.65. The molecule has 2 heterocycles. The van der Waals surface area contributed by atoms with Crippen LogP contribution in [-0.2, 0) is 9.47 Å². The Balaban J connectivity index is 1.81. The van der Waals surface area contributed by atoms with E-state index >= 15 is 0 Å². The molecule has 3 nitrogen and oxygen atoms in total. The van der Waals surface area contributed by atoms with Gasteiger partial charge in [0, 0.05) is 31.1 Å². The molecule has 4 heteroatoms. The molecule has 0 aromatic carbocycles.